The molecular weight excluding hydrogens is 615 g/mol. The summed E-state index contributed by atoms with van der Waals surface area (Å²) in [5.74, 6) is -0.666. The molecule has 0 spiro atoms. The summed E-state index contributed by atoms with van der Waals surface area (Å²) in [6, 6.07) is 16.9. The molecule has 0 aliphatic rings. The van der Waals surface area contributed by atoms with Gasteiger partial charge in [-0.05, 0) is 71.4 Å². The fraction of sp³-hybridized carbons (Fsp3) is 0.344. The first kappa shape index (κ1) is 33.7. The third-order valence-electron chi connectivity index (χ3n) is 5.99. The number of esters is 1. The van der Waals surface area contributed by atoms with Crippen molar-refractivity contribution in [1.82, 2.24) is 20.3 Å². The van der Waals surface area contributed by atoms with Crippen LogP contribution in [0, 0.1) is 0 Å². The first-order chi connectivity index (χ1) is 21.1. The largest absolute Gasteiger partial charge is 0.459 e. The van der Waals surface area contributed by atoms with Gasteiger partial charge in [0.15, 0.2) is 10.4 Å². The zero-order chi connectivity index (χ0) is 32.8. The molecule has 0 radical (unpaired) electrons. The Balaban J connectivity index is 1.69. The summed E-state index contributed by atoms with van der Waals surface area (Å²) >= 11 is 1.53. The number of benzene rings is 1. The predicted molar refractivity (Wildman–Crippen MR) is 172 cm³/mol. The number of anilines is 1. The van der Waals surface area contributed by atoms with E-state index in [4.69, 9.17) is 9.47 Å². The van der Waals surface area contributed by atoms with Crippen molar-refractivity contribution in [3.8, 4) is 10.6 Å². The van der Waals surface area contributed by atoms with Gasteiger partial charge in [0.2, 0.25) is 9.84 Å². The summed E-state index contributed by atoms with van der Waals surface area (Å²) < 4.78 is 38.9. The van der Waals surface area contributed by atoms with Crippen LogP contribution in [0.25, 0.3) is 10.6 Å². The van der Waals surface area contributed by atoms with Gasteiger partial charge in [-0.2, -0.15) is 0 Å². The highest BCUT2D eigenvalue weighted by atomic mass is 32.2. The van der Waals surface area contributed by atoms with E-state index in [-0.39, 0.29) is 23.1 Å². The standard InChI is InChI=1S/C32H37N5O6S2/c1-31(2,3)42-27(38)21-37(30(39)43-32(4,5)6)25-11-9-10-24(36-25)29(45(40,41)26-12-7-8-17-33-26)35-20-22-13-15-23(16-14-22)28-34-18-19-44-28/h7-19,29,35H,20-21H2,1-6H3. The van der Waals surface area contributed by atoms with Crippen LogP contribution in [-0.4, -0.2) is 53.2 Å². The maximum absolute atomic E-state index is 13.9. The fourth-order valence-electron chi connectivity index (χ4n) is 4.15. The summed E-state index contributed by atoms with van der Waals surface area (Å²) in [6.45, 7) is 9.91. The number of hydrogen-bond donors (Lipinski definition) is 1. The van der Waals surface area contributed by atoms with Crippen LogP contribution in [0.4, 0.5) is 10.6 Å². The van der Waals surface area contributed by atoms with Crippen LogP contribution in [-0.2, 0) is 30.7 Å². The average molecular weight is 652 g/mol. The minimum atomic E-state index is -4.13. The highest BCUT2D eigenvalue weighted by Gasteiger charge is 2.33. The lowest BCUT2D eigenvalue weighted by Crippen LogP contribution is -2.42. The van der Waals surface area contributed by atoms with Gasteiger partial charge in [0.25, 0.3) is 0 Å². The quantitative estimate of drug-likeness (QED) is 0.205. The van der Waals surface area contributed by atoms with Crippen molar-refractivity contribution in [3.63, 3.8) is 0 Å². The van der Waals surface area contributed by atoms with E-state index in [9.17, 15) is 18.0 Å². The molecule has 1 unspecified atom stereocenters. The molecule has 0 fully saturated rings. The summed E-state index contributed by atoms with van der Waals surface area (Å²) in [7, 11) is -4.13. The molecule has 1 atom stereocenters. The number of carbonyl (C=O) groups excluding carboxylic acids is 2. The van der Waals surface area contributed by atoms with Gasteiger partial charge in [0.05, 0.1) is 5.69 Å². The molecule has 4 rings (SSSR count). The lowest BCUT2D eigenvalue weighted by atomic mass is 10.1. The lowest BCUT2D eigenvalue weighted by Gasteiger charge is -2.28. The molecule has 3 heterocycles. The third kappa shape index (κ3) is 9.40. The second-order valence-corrected chi connectivity index (χ2v) is 15.0. The van der Waals surface area contributed by atoms with Crippen LogP contribution in [0.2, 0.25) is 0 Å². The molecule has 45 heavy (non-hydrogen) atoms. The van der Waals surface area contributed by atoms with Gasteiger partial charge in [0.1, 0.15) is 28.6 Å². The zero-order valence-electron chi connectivity index (χ0n) is 26.1. The van der Waals surface area contributed by atoms with Crippen molar-refractivity contribution in [2.45, 2.75) is 69.7 Å². The minimum Gasteiger partial charge on any atom is -0.459 e. The van der Waals surface area contributed by atoms with E-state index in [1.54, 1.807) is 65.9 Å². The van der Waals surface area contributed by atoms with Gasteiger partial charge >= 0.3 is 12.1 Å². The number of pyridine rings is 2. The Morgan fingerprint density at radius 3 is 2.20 bits per heavy atom. The third-order valence-corrected chi connectivity index (χ3v) is 8.66. The number of amides is 1. The molecule has 0 saturated carbocycles. The normalized spacial score (nSPS) is 12.8. The van der Waals surface area contributed by atoms with E-state index >= 15 is 0 Å². The molecule has 0 bridgehead atoms. The highest BCUT2D eigenvalue weighted by Crippen LogP contribution is 2.28. The van der Waals surface area contributed by atoms with E-state index in [0.717, 1.165) is 21.0 Å². The molecular formula is C32H37N5O6S2. The number of nitrogens with one attached hydrogen (secondary N) is 1. The Kier molecular flexibility index (Phi) is 10.4. The Labute approximate surface area is 267 Å². The van der Waals surface area contributed by atoms with Crippen molar-refractivity contribution < 1.29 is 27.5 Å². The van der Waals surface area contributed by atoms with Gasteiger partial charge in [-0.25, -0.2) is 28.2 Å². The number of ether oxygens (including phenoxy) is 2. The first-order valence-electron chi connectivity index (χ1n) is 14.2. The summed E-state index contributed by atoms with van der Waals surface area (Å²) in [5.41, 5.74) is 0.204. The molecule has 13 heteroatoms. The number of nitrogens with zero attached hydrogens (tertiary/aromatic N) is 4. The molecule has 4 aromatic rings. The molecule has 0 aliphatic heterocycles. The van der Waals surface area contributed by atoms with Crippen molar-refractivity contribution in [1.29, 1.82) is 0 Å². The molecule has 3 aromatic heterocycles. The van der Waals surface area contributed by atoms with Crippen LogP contribution in [0.15, 0.2) is 83.5 Å². The van der Waals surface area contributed by atoms with Crippen LogP contribution >= 0.6 is 11.3 Å². The summed E-state index contributed by atoms with van der Waals surface area (Å²) in [5, 5.41) is 4.40. The molecule has 1 aromatic carbocycles. The lowest BCUT2D eigenvalue weighted by molar-refractivity contribution is -0.153. The Morgan fingerprint density at radius 2 is 1.60 bits per heavy atom. The highest BCUT2D eigenvalue weighted by molar-refractivity contribution is 7.91. The Morgan fingerprint density at radius 1 is 0.889 bits per heavy atom. The summed E-state index contributed by atoms with van der Waals surface area (Å²) in [4.78, 5) is 40.1. The Hall–Kier alpha value is -4.20. The van der Waals surface area contributed by atoms with Gasteiger partial charge < -0.3 is 9.47 Å². The molecule has 0 saturated heterocycles. The van der Waals surface area contributed by atoms with Crippen LogP contribution < -0.4 is 10.2 Å². The molecule has 1 N–H and O–H groups in total. The molecule has 1 amide bonds. The monoisotopic (exact) mass is 651 g/mol. The van der Waals surface area contributed by atoms with Crippen molar-refractivity contribution >= 4 is 39.1 Å². The first-order valence-corrected chi connectivity index (χ1v) is 16.6. The predicted octanol–water partition coefficient (Wildman–Crippen LogP) is 5.95. The van der Waals surface area contributed by atoms with Crippen molar-refractivity contribution in [2.75, 3.05) is 11.4 Å². The van der Waals surface area contributed by atoms with E-state index in [0.29, 0.717) is 0 Å². The van der Waals surface area contributed by atoms with Gasteiger partial charge in [-0.3, -0.25) is 15.0 Å². The Bertz CT molecular complexity index is 1700. The number of hydrogen-bond acceptors (Lipinski definition) is 11. The second kappa shape index (κ2) is 13.8. The van der Waals surface area contributed by atoms with Crippen LogP contribution in [0.5, 0.6) is 0 Å². The van der Waals surface area contributed by atoms with Gasteiger partial charge in [-0.1, -0.05) is 36.4 Å². The van der Waals surface area contributed by atoms with E-state index < -0.39 is 45.0 Å². The maximum Gasteiger partial charge on any atom is 0.416 e. The molecule has 0 aliphatic carbocycles. The van der Waals surface area contributed by atoms with Gasteiger partial charge in [0, 0.05) is 29.9 Å². The van der Waals surface area contributed by atoms with E-state index in [1.807, 2.05) is 29.6 Å². The number of thiazole rings is 1. The fourth-order valence-corrected chi connectivity index (χ4v) is 6.26. The summed E-state index contributed by atoms with van der Waals surface area (Å²) in [6.07, 6.45) is 2.30. The van der Waals surface area contributed by atoms with Crippen LogP contribution in [0.3, 0.4) is 0 Å². The van der Waals surface area contributed by atoms with Crippen molar-refractivity contribution in [2.24, 2.45) is 0 Å². The smallest absolute Gasteiger partial charge is 0.416 e. The SMILES string of the molecule is CC(C)(C)OC(=O)CN(C(=O)OC(C)(C)C)c1cccc(C(NCc2ccc(-c3nccs3)cc2)S(=O)(=O)c2ccccn2)n1. The topological polar surface area (TPSA) is 141 Å². The number of carbonyl (C=O) groups is 2. The molecule has 11 nitrogen and oxygen atoms in total. The average Bonchev–Trinajstić information content (AvgIpc) is 3.50. The van der Waals surface area contributed by atoms with Crippen molar-refractivity contribution in [3.05, 3.63) is 89.7 Å². The van der Waals surface area contributed by atoms with E-state index in [1.165, 1.54) is 35.7 Å². The number of rotatable bonds is 10. The van der Waals surface area contributed by atoms with Gasteiger partial charge in [-0.15, -0.1) is 11.3 Å². The second-order valence-electron chi connectivity index (χ2n) is 12.1. The minimum absolute atomic E-state index is 0.0171. The van der Waals surface area contributed by atoms with Crippen LogP contribution in [0.1, 0.15) is 58.2 Å². The molecule has 238 valence electrons. The number of sulfone groups is 1. The maximum atomic E-state index is 13.9. The number of aromatic nitrogens is 3. The van der Waals surface area contributed by atoms with E-state index in [2.05, 4.69) is 20.3 Å². The zero-order valence-corrected chi connectivity index (χ0v) is 27.7.